The largest absolute Gasteiger partial charge is 0.379 e. The van der Waals surface area contributed by atoms with Crippen LogP contribution in [-0.2, 0) is 9.53 Å². The number of amides is 1. The predicted octanol–water partition coefficient (Wildman–Crippen LogP) is 2.14. The number of benzene rings is 1. The molecule has 1 unspecified atom stereocenters. The minimum atomic E-state index is -0.532. The first-order valence-electron chi connectivity index (χ1n) is 6.15. The van der Waals surface area contributed by atoms with Crippen LogP contribution in [0, 0.1) is 5.82 Å². The number of halogens is 2. The molecule has 0 radical (unpaired) electrons. The number of rotatable bonds is 3. The predicted molar refractivity (Wildman–Crippen MR) is 71.9 cm³/mol. The van der Waals surface area contributed by atoms with Crippen LogP contribution in [0.3, 0.4) is 0 Å². The van der Waals surface area contributed by atoms with Crippen LogP contribution in [0.4, 0.5) is 10.1 Å². The topological polar surface area (TPSA) is 41.6 Å². The minimum absolute atomic E-state index is 0.148. The molecule has 1 aromatic rings. The molecule has 0 bridgehead atoms. The van der Waals surface area contributed by atoms with Gasteiger partial charge in [0.25, 0.3) is 0 Å². The summed E-state index contributed by atoms with van der Waals surface area (Å²) in [5, 5.41) is 2.88. The highest BCUT2D eigenvalue weighted by Crippen LogP contribution is 2.19. The van der Waals surface area contributed by atoms with Gasteiger partial charge in [-0.3, -0.25) is 9.69 Å². The highest BCUT2D eigenvalue weighted by Gasteiger charge is 2.23. The van der Waals surface area contributed by atoms with Gasteiger partial charge in [0.1, 0.15) is 5.82 Å². The molecule has 19 heavy (non-hydrogen) atoms. The maximum atomic E-state index is 13.6. The van der Waals surface area contributed by atoms with Crippen molar-refractivity contribution in [3.63, 3.8) is 0 Å². The minimum Gasteiger partial charge on any atom is -0.379 e. The summed E-state index contributed by atoms with van der Waals surface area (Å²) in [4.78, 5) is 14.1. The van der Waals surface area contributed by atoms with E-state index < -0.39 is 5.82 Å². The maximum Gasteiger partial charge on any atom is 0.241 e. The highest BCUT2D eigenvalue weighted by atomic mass is 35.5. The normalized spacial score (nSPS) is 18.1. The Hall–Kier alpha value is -1.17. The number of nitrogens with zero attached hydrogens (tertiary/aromatic N) is 1. The van der Waals surface area contributed by atoms with Crippen molar-refractivity contribution >= 4 is 23.2 Å². The molecule has 0 spiro atoms. The molecule has 0 saturated carbocycles. The molecular weight excluding hydrogens is 271 g/mol. The lowest BCUT2D eigenvalue weighted by Crippen LogP contribution is -2.47. The Labute approximate surface area is 116 Å². The van der Waals surface area contributed by atoms with Crippen molar-refractivity contribution in [2.75, 3.05) is 31.6 Å². The Morgan fingerprint density at radius 3 is 2.79 bits per heavy atom. The third-order valence-corrected chi connectivity index (χ3v) is 3.40. The summed E-state index contributed by atoms with van der Waals surface area (Å²) in [6, 6.07) is 3.86. The molecule has 0 aliphatic carbocycles. The lowest BCUT2D eigenvalue weighted by Gasteiger charge is -2.31. The second kappa shape index (κ2) is 6.32. The molecule has 1 aromatic carbocycles. The molecule has 1 atom stereocenters. The van der Waals surface area contributed by atoms with Crippen LogP contribution >= 0.6 is 11.6 Å². The molecule has 6 heteroatoms. The smallest absolute Gasteiger partial charge is 0.241 e. The second-order valence-electron chi connectivity index (χ2n) is 4.44. The van der Waals surface area contributed by atoms with E-state index in [2.05, 4.69) is 5.32 Å². The number of morpholine rings is 1. The molecule has 1 heterocycles. The molecule has 1 fully saturated rings. The van der Waals surface area contributed by atoms with Gasteiger partial charge >= 0.3 is 0 Å². The highest BCUT2D eigenvalue weighted by molar-refractivity contribution is 6.30. The first-order chi connectivity index (χ1) is 9.08. The third-order valence-electron chi connectivity index (χ3n) is 3.16. The van der Waals surface area contributed by atoms with Crippen molar-refractivity contribution in [2.45, 2.75) is 13.0 Å². The summed E-state index contributed by atoms with van der Waals surface area (Å²) in [6.45, 7) is 4.45. The van der Waals surface area contributed by atoms with Gasteiger partial charge in [0.05, 0.1) is 24.9 Å². The van der Waals surface area contributed by atoms with E-state index in [0.29, 0.717) is 31.3 Å². The Morgan fingerprint density at radius 1 is 1.47 bits per heavy atom. The van der Waals surface area contributed by atoms with E-state index in [1.807, 2.05) is 4.90 Å². The number of carbonyl (C=O) groups is 1. The van der Waals surface area contributed by atoms with E-state index in [1.54, 1.807) is 13.0 Å². The maximum absolute atomic E-state index is 13.6. The summed E-state index contributed by atoms with van der Waals surface area (Å²) in [7, 11) is 0. The average molecular weight is 287 g/mol. The van der Waals surface area contributed by atoms with Gasteiger partial charge < -0.3 is 10.1 Å². The summed E-state index contributed by atoms with van der Waals surface area (Å²) < 4.78 is 18.8. The SMILES string of the molecule is CC(C(=O)Nc1ccc(Cl)cc1F)N1CCOCC1. The fourth-order valence-corrected chi connectivity index (χ4v) is 2.12. The van der Waals surface area contributed by atoms with E-state index in [-0.39, 0.29) is 17.6 Å². The third kappa shape index (κ3) is 3.65. The quantitative estimate of drug-likeness (QED) is 0.926. The van der Waals surface area contributed by atoms with Gasteiger partial charge in [-0.05, 0) is 25.1 Å². The van der Waals surface area contributed by atoms with Gasteiger partial charge in [-0.1, -0.05) is 11.6 Å². The van der Waals surface area contributed by atoms with E-state index in [1.165, 1.54) is 12.1 Å². The number of hydrogen-bond acceptors (Lipinski definition) is 3. The second-order valence-corrected chi connectivity index (χ2v) is 4.87. The van der Waals surface area contributed by atoms with E-state index in [9.17, 15) is 9.18 Å². The lowest BCUT2D eigenvalue weighted by atomic mass is 10.2. The van der Waals surface area contributed by atoms with Crippen LogP contribution in [0.25, 0.3) is 0 Å². The average Bonchev–Trinajstić information content (AvgIpc) is 2.42. The molecule has 1 amide bonds. The van der Waals surface area contributed by atoms with E-state index in [0.717, 1.165) is 0 Å². The molecule has 1 aliphatic rings. The monoisotopic (exact) mass is 286 g/mol. The van der Waals surface area contributed by atoms with Gasteiger partial charge in [0.2, 0.25) is 5.91 Å². The van der Waals surface area contributed by atoms with Crippen LogP contribution < -0.4 is 5.32 Å². The summed E-state index contributed by atoms with van der Waals surface area (Å²) in [6.07, 6.45) is 0. The Balaban J connectivity index is 1.99. The lowest BCUT2D eigenvalue weighted by molar-refractivity contribution is -0.122. The molecule has 1 N–H and O–H groups in total. The van der Waals surface area contributed by atoms with Crippen LogP contribution in [-0.4, -0.2) is 43.2 Å². The van der Waals surface area contributed by atoms with Gasteiger partial charge in [0.15, 0.2) is 0 Å². The molecule has 1 aliphatic heterocycles. The number of nitrogens with one attached hydrogen (secondary N) is 1. The van der Waals surface area contributed by atoms with Gasteiger partial charge in [0, 0.05) is 18.1 Å². The fourth-order valence-electron chi connectivity index (χ4n) is 1.96. The van der Waals surface area contributed by atoms with Crippen LogP contribution in [0.2, 0.25) is 5.02 Å². The van der Waals surface area contributed by atoms with Crippen molar-refractivity contribution in [2.24, 2.45) is 0 Å². The van der Waals surface area contributed by atoms with Gasteiger partial charge in [-0.25, -0.2) is 4.39 Å². The van der Waals surface area contributed by atoms with Crippen molar-refractivity contribution in [3.05, 3.63) is 29.0 Å². The standard InChI is InChI=1S/C13H16ClFN2O2/c1-9(17-4-6-19-7-5-17)13(18)16-12-3-2-10(14)8-11(12)15/h2-3,8-9H,4-7H2,1H3,(H,16,18). The van der Waals surface area contributed by atoms with Crippen molar-refractivity contribution in [3.8, 4) is 0 Å². The van der Waals surface area contributed by atoms with Crippen molar-refractivity contribution in [1.82, 2.24) is 4.90 Å². The Morgan fingerprint density at radius 2 is 2.16 bits per heavy atom. The summed E-state index contributed by atoms with van der Waals surface area (Å²) in [5.74, 6) is -0.766. The summed E-state index contributed by atoms with van der Waals surface area (Å²) in [5.41, 5.74) is 0.148. The number of anilines is 1. The first kappa shape index (κ1) is 14.2. The number of ether oxygens (including phenoxy) is 1. The first-order valence-corrected chi connectivity index (χ1v) is 6.53. The van der Waals surface area contributed by atoms with E-state index in [4.69, 9.17) is 16.3 Å². The fraction of sp³-hybridized carbons (Fsp3) is 0.462. The van der Waals surface area contributed by atoms with Gasteiger partial charge in [-0.15, -0.1) is 0 Å². The van der Waals surface area contributed by atoms with E-state index >= 15 is 0 Å². The Bertz CT molecular complexity index is 464. The molecule has 0 aromatic heterocycles. The van der Waals surface area contributed by atoms with Crippen molar-refractivity contribution < 1.29 is 13.9 Å². The van der Waals surface area contributed by atoms with Crippen LogP contribution in [0.1, 0.15) is 6.92 Å². The summed E-state index contributed by atoms with van der Waals surface area (Å²) >= 11 is 5.66. The van der Waals surface area contributed by atoms with Crippen LogP contribution in [0.5, 0.6) is 0 Å². The zero-order valence-electron chi connectivity index (χ0n) is 10.7. The molecule has 104 valence electrons. The molecule has 4 nitrogen and oxygen atoms in total. The molecule has 2 rings (SSSR count). The number of hydrogen-bond donors (Lipinski definition) is 1. The van der Waals surface area contributed by atoms with Gasteiger partial charge in [-0.2, -0.15) is 0 Å². The van der Waals surface area contributed by atoms with Crippen molar-refractivity contribution in [1.29, 1.82) is 0 Å². The molecular formula is C13H16ClFN2O2. The Kier molecular flexibility index (Phi) is 4.74. The zero-order chi connectivity index (χ0) is 13.8. The zero-order valence-corrected chi connectivity index (χ0v) is 11.4. The number of carbonyl (C=O) groups excluding carboxylic acids is 1. The molecule has 1 saturated heterocycles. The van der Waals surface area contributed by atoms with Crippen LogP contribution in [0.15, 0.2) is 18.2 Å².